The Balaban J connectivity index is 2.04. The molecule has 0 aliphatic carbocycles. The average Bonchev–Trinajstić information content (AvgIpc) is 2.86. The number of alkyl carbamates (subject to hydrolysis) is 1. The lowest BCUT2D eigenvalue weighted by Gasteiger charge is -2.15. The number of guanidine groups is 1. The summed E-state index contributed by atoms with van der Waals surface area (Å²) in [6.45, 7) is 2.75. The van der Waals surface area contributed by atoms with Crippen molar-refractivity contribution in [3.63, 3.8) is 0 Å². The molecule has 1 unspecified atom stereocenters. The van der Waals surface area contributed by atoms with E-state index >= 15 is 0 Å². The molecule has 1 aliphatic rings. The van der Waals surface area contributed by atoms with Crippen LogP contribution in [0, 0.1) is 0 Å². The lowest BCUT2D eigenvalue weighted by Crippen LogP contribution is -2.39. The van der Waals surface area contributed by atoms with Crippen LogP contribution in [0.3, 0.4) is 0 Å². The summed E-state index contributed by atoms with van der Waals surface area (Å²) < 4.78 is 4.53. The summed E-state index contributed by atoms with van der Waals surface area (Å²) in [6.07, 6.45) is 0.472. The van der Waals surface area contributed by atoms with Crippen molar-refractivity contribution in [1.29, 1.82) is 0 Å². The third-order valence-corrected chi connectivity index (χ3v) is 2.96. The van der Waals surface area contributed by atoms with Gasteiger partial charge in [0.1, 0.15) is 0 Å². The highest BCUT2D eigenvalue weighted by Gasteiger charge is 2.22. The topological polar surface area (TPSA) is 62.7 Å². The molecule has 0 fully saturated rings. The zero-order valence-electron chi connectivity index (χ0n) is 10.6. The molecule has 5 heteroatoms. The predicted molar refractivity (Wildman–Crippen MR) is 69.5 cm³/mol. The minimum absolute atomic E-state index is 0.119. The van der Waals surface area contributed by atoms with Gasteiger partial charge in [-0.15, -0.1) is 0 Å². The molecule has 0 saturated carbocycles. The Kier molecular flexibility index (Phi) is 3.82. The van der Waals surface area contributed by atoms with E-state index in [-0.39, 0.29) is 6.04 Å². The number of aliphatic imine (C=N–C) groups is 1. The number of carbonyl (C=O) groups is 1. The first-order chi connectivity index (χ1) is 8.74. The fraction of sp³-hybridized carbons (Fsp3) is 0.385. The number of hydrogen-bond acceptors (Lipinski definition) is 4. The van der Waals surface area contributed by atoms with E-state index in [4.69, 9.17) is 0 Å². The summed E-state index contributed by atoms with van der Waals surface area (Å²) in [5.41, 5.74) is 2.52. The van der Waals surface area contributed by atoms with Crippen molar-refractivity contribution in [2.75, 3.05) is 13.7 Å². The molecule has 1 aromatic carbocycles. The highest BCUT2D eigenvalue weighted by atomic mass is 16.5. The van der Waals surface area contributed by atoms with Crippen LogP contribution in [0.1, 0.15) is 24.1 Å². The lowest BCUT2D eigenvalue weighted by molar-refractivity contribution is 0.176. The van der Waals surface area contributed by atoms with Crippen LogP contribution in [0.2, 0.25) is 0 Å². The molecule has 5 nitrogen and oxygen atoms in total. The SMILES string of the molecule is CCc1ccccc1C1CN=C(NC(=O)OC)N1. The van der Waals surface area contributed by atoms with Gasteiger partial charge in [0.15, 0.2) is 0 Å². The fourth-order valence-electron chi connectivity index (χ4n) is 2.03. The summed E-state index contributed by atoms with van der Waals surface area (Å²) >= 11 is 0. The zero-order valence-corrected chi connectivity index (χ0v) is 10.6. The first kappa shape index (κ1) is 12.4. The summed E-state index contributed by atoms with van der Waals surface area (Å²) in [5, 5.41) is 5.73. The van der Waals surface area contributed by atoms with Gasteiger partial charge in [0.25, 0.3) is 0 Å². The van der Waals surface area contributed by atoms with Crippen LogP contribution >= 0.6 is 0 Å². The number of amides is 1. The number of aryl methyl sites for hydroxylation is 1. The number of ether oxygens (including phenoxy) is 1. The van der Waals surface area contributed by atoms with Gasteiger partial charge < -0.3 is 10.1 Å². The predicted octanol–water partition coefficient (Wildman–Crippen LogP) is 1.61. The van der Waals surface area contributed by atoms with Crippen LogP contribution in [-0.2, 0) is 11.2 Å². The van der Waals surface area contributed by atoms with Gasteiger partial charge in [-0.2, -0.15) is 0 Å². The summed E-state index contributed by atoms with van der Waals surface area (Å²) in [7, 11) is 1.33. The number of rotatable bonds is 2. The number of methoxy groups -OCH3 is 1. The third kappa shape index (κ3) is 2.61. The maximum atomic E-state index is 11.1. The van der Waals surface area contributed by atoms with E-state index in [0.717, 1.165) is 6.42 Å². The van der Waals surface area contributed by atoms with Crippen LogP contribution in [0.5, 0.6) is 0 Å². The molecule has 1 amide bonds. The molecular weight excluding hydrogens is 230 g/mol. The van der Waals surface area contributed by atoms with E-state index in [1.807, 2.05) is 12.1 Å². The maximum Gasteiger partial charge on any atom is 0.413 e. The number of benzene rings is 1. The van der Waals surface area contributed by atoms with Gasteiger partial charge in [-0.25, -0.2) is 4.79 Å². The minimum Gasteiger partial charge on any atom is -0.453 e. The summed E-state index contributed by atoms with van der Waals surface area (Å²) in [6, 6.07) is 8.37. The standard InChI is InChI=1S/C13H17N3O2/c1-3-9-6-4-5-7-10(9)11-8-14-12(15-11)16-13(17)18-2/h4-7,11H,3,8H2,1-2H3,(H2,14,15,16,17). The molecule has 0 radical (unpaired) electrons. The molecule has 18 heavy (non-hydrogen) atoms. The Morgan fingerprint density at radius 1 is 1.56 bits per heavy atom. The van der Waals surface area contributed by atoms with Crippen LogP contribution in [0.4, 0.5) is 4.79 Å². The van der Waals surface area contributed by atoms with E-state index in [1.165, 1.54) is 18.2 Å². The second-order valence-electron chi connectivity index (χ2n) is 4.06. The second kappa shape index (κ2) is 5.53. The van der Waals surface area contributed by atoms with Crippen molar-refractivity contribution in [1.82, 2.24) is 10.6 Å². The number of hydrogen-bond donors (Lipinski definition) is 2. The van der Waals surface area contributed by atoms with Gasteiger partial charge in [0.2, 0.25) is 5.96 Å². The van der Waals surface area contributed by atoms with Gasteiger partial charge in [0.05, 0.1) is 19.7 Å². The van der Waals surface area contributed by atoms with Crippen molar-refractivity contribution in [2.24, 2.45) is 4.99 Å². The molecule has 0 saturated heterocycles. The maximum absolute atomic E-state index is 11.1. The highest BCUT2D eigenvalue weighted by Crippen LogP contribution is 2.21. The molecule has 96 valence electrons. The van der Waals surface area contributed by atoms with Gasteiger partial charge in [0, 0.05) is 0 Å². The molecule has 1 aromatic rings. The average molecular weight is 247 g/mol. The first-order valence-corrected chi connectivity index (χ1v) is 5.98. The molecule has 0 aromatic heterocycles. The first-order valence-electron chi connectivity index (χ1n) is 5.98. The van der Waals surface area contributed by atoms with Crippen LogP contribution < -0.4 is 10.6 Å². The summed E-state index contributed by atoms with van der Waals surface area (Å²) in [5.74, 6) is 0.470. The highest BCUT2D eigenvalue weighted by molar-refractivity contribution is 5.95. The Labute approximate surface area is 106 Å². The van der Waals surface area contributed by atoms with Crippen molar-refractivity contribution < 1.29 is 9.53 Å². The molecular formula is C13H17N3O2. The Hall–Kier alpha value is -2.04. The molecule has 2 rings (SSSR count). The van der Waals surface area contributed by atoms with Crippen molar-refractivity contribution in [3.8, 4) is 0 Å². The largest absolute Gasteiger partial charge is 0.453 e. The van der Waals surface area contributed by atoms with E-state index in [1.54, 1.807) is 0 Å². The number of nitrogens with zero attached hydrogens (tertiary/aromatic N) is 1. The van der Waals surface area contributed by atoms with Gasteiger partial charge in [-0.05, 0) is 17.5 Å². The van der Waals surface area contributed by atoms with Gasteiger partial charge >= 0.3 is 6.09 Å². The summed E-state index contributed by atoms with van der Waals surface area (Å²) in [4.78, 5) is 15.3. The van der Waals surface area contributed by atoms with Crippen molar-refractivity contribution in [3.05, 3.63) is 35.4 Å². The molecule has 0 bridgehead atoms. The molecule has 0 spiro atoms. The van der Waals surface area contributed by atoms with E-state index in [0.29, 0.717) is 12.5 Å². The van der Waals surface area contributed by atoms with Crippen LogP contribution in [-0.4, -0.2) is 25.7 Å². The minimum atomic E-state index is -0.509. The molecule has 1 atom stereocenters. The van der Waals surface area contributed by atoms with Crippen LogP contribution in [0.25, 0.3) is 0 Å². The smallest absolute Gasteiger partial charge is 0.413 e. The van der Waals surface area contributed by atoms with Gasteiger partial charge in [-0.1, -0.05) is 31.2 Å². The van der Waals surface area contributed by atoms with Crippen LogP contribution in [0.15, 0.2) is 29.3 Å². The fourth-order valence-corrected chi connectivity index (χ4v) is 2.03. The number of nitrogens with one attached hydrogen (secondary N) is 2. The normalized spacial score (nSPS) is 17.9. The number of carbonyl (C=O) groups excluding carboxylic acids is 1. The Bertz CT molecular complexity index is 471. The van der Waals surface area contributed by atoms with Crippen molar-refractivity contribution in [2.45, 2.75) is 19.4 Å². The van der Waals surface area contributed by atoms with Crippen molar-refractivity contribution >= 4 is 12.1 Å². The molecule has 1 heterocycles. The second-order valence-corrected chi connectivity index (χ2v) is 4.06. The molecule has 2 N–H and O–H groups in total. The molecule has 1 aliphatic heterocycles. The quantitative estimate of drug-likeness (QED) is 0.834. The zero-order chi connectivity index (χ0) is 13.0. The van der Waals surface area contributed by atoms with E-state index in [2.05, 4.69) is 39.4 Å². The Morgan fingerprint density at radius 2 is 2.33 bits per heavy atom. The van der Waals surface area contributed by atoms with Gasteiger partial charge in [-0.3, -0.25) is 10.3 Å². The monoisotopic (exact) mass is 247 g/mol. The lowest BCUT2D eigenvalue weighted by atomic mass is 9.99. The Morgan fingerprint density at radius 3 is 3.06 bits per heavy atom. The van der Waals surface area contributed by atoms with E-state index in [9.17, 15) is 4.79 Å². The third-order valence-electron chi connectivity index (χ3n) is 2.96. The van der Waals surface area contributed by atoms with E-state index < -0.39 is 6.09 Å².